The molecule has 0 bridgehead atoms. The Morgan fingerprint density at radius 2 is 2.10 bits per heavy atom. The van der Waals surface area contributed by atoms with Crippen LogP contribution in [0.15, 0.2) is 28.7 Å². The van der Waals surface area contributed by atoms with E-state index in [-0.39, 0.29) is 11.9 Å². The van der Waals surface area contributed by atoms with Gasteiger partial charge >= 0.3 is 0 Å². The van der Waals surface area contributed by atoms with Crippen LogP contribution in [-0.4, -0.2) is 30.7 Å². The number of carbonyl (C=O) groups is 1. The molecule has 1 aromatic carbocycles. The molecule has 0 aromatic heterocycles. The summed E-state index contributed by atoms with van der Waals surface area (Å²) in [6, 6.07) is 8.08. The van der Waals surface area contributed by atoms with E-state index in [4.69, 9.17) is 10.5 Å². The van der Waals surface area contributed by atoms with E-state index in [9.17, 15) is 4.79 Å². The van der Waals surface area contributed by atoms with Crippen molar-refractivity contribution < 1.29 is 9.53 Å². The van der Waals surface area contributed by atoms with Gasteiger partial charge in [0.15, 0.2) is 0 Å². The summed E-state index contributed by atoms with van der Waals surface area (Å²) >= 11 is 3.52. The maximum atomic E-state index is 12.3. The lowest BCUT2D eigenvalue weighted by molar-refractivity contribution is -0.130. The number of nitrogens with two attached hydrogens (primary N) is 1. The maximum absolute atomic E-state index is 12.3. The van der Waals surface area contributed by atoms with Crippen LogP contribution in [0.1, 0.15) is 25.3 Å². The van der Waals surface area contributed by atoms with Crippen molar-refractivity contribution in [3.63, 3.8) is 0 Å². The van der Waals surface area contributed by atoms with Gasteiger partial charge in [-0.05, 0) is 37.8 Å². The quantitative estimate of drug-likeness (QED) is 0.881. The van der Waals surface area contributed by atoms with E-state index in [0.717, 1.165) is 10.9 Å². The molecule has 0 spiro atoms. The number of nitrogens with one attached hydrogen (secondary N) is 1. The lowest BCUT2D eigenvalue weighted by Gasteiger charge is -2.33. The molecule has 20 heavy (non-hydrogen) atoms. The molecule has 1 heterocycles. The fourth-order valence-electron chi connectivity index (χ4n) is 2.38. The van der Waals surface area contributed by atoms with E-state index in [1.807, 2.05) is 25.1 Å². The van der Waals surface area contributed by atoms with Crippen molar-refractivity contribution in [2.24, 2.45) is 5.73 Å². The number of ether oxygens (including phenoxy) is 1. The van der Waals surface area contributed by atoms with Crippen molar-refractivity contribution in [3.8, 4) is 0 Å². The van der Waals surface area contributed by atoms with Gasteiger partial charge < -0.3 is 15.8 Å². The second-order valence-corrected chi connectivity index (χ2v) is 6.29. The van der Waals surface area contributed by atoms with Crippen molar-refractivity contribution in [2.75, 3.05) is 13.2 Å². The molecule has 5 heteroatoms. The summed E-state index contributed by atoms with van der Waals surface area (Å²) < 4.78 is 6.33. The number of amides is 1. The van der Waals surface area contributed by atoms with E-state index in [0.29, 0.717) is 26.1 Å². The summed E-state index contributed by atoms with van der Waals surface area (Å²) in [5.41, 5.74) is 6.57. The third-order valence-corrected chi connectivity index (χ3v) is 4.47. The summed E-state index contributed by atoms with van der Waals surface area (Å²) in [5, 5.41) is 3.03. The van der Waals surface area contributed by atoms with Gasteiger partial charge in [0, 0.05) is 23.7 Å². The summed E-state index contributed by atoms with van der Waals surface area (Å²) in [5.74, 6) is -0.0691. The van der Waals surface area contributed by atoms with Crippen LogP contribution in [0.3, 0.4) is 0 Å². The largest absolute Gasteiger partial charge is 0.381 e. The molecule has 0 saturated carbocycles. The molecule has 1 unspecified atom stereocenters. The Morgan fingerprint density at radius 3 is 2.75 bits per heavy atom. The lowest BCUT2D eigenvalue weighted by atomic mass is 9.90. The maximum Gasteiger partial charge on any atom is 0.240 e. The lowest BCUT2D eigenvalue weighted by Crippen LogP contribution is -2.58. The van der Waals surface area contributed by atoms with Crippen molar-refractivity contribution >= 4 is 21.8 Å². The highest BCUT2D eigenvalue weighted by molar-refractivity contribution is 9.10. The van der Waals surface area contributed by atoms with Crippen molar-refractivity contribution in [1.29, 1.82) is 0 Å². The first kappa shape index (κ1) is 15.5. The average molecular weight is 341 g/mol. The van der Waals surface area contributed by atoms with Crippen LogP contribution in [0, 0.1) is 0 Å². The Hall–Kier alpha value is -0.910. The minimum atomic E-state index is -0.777. The molecule has 1 aliphatic heterocycles. The van der Waals surface area contributed by atoms with Gasteiger partial charge in [-0.1, -0.05) is 34.1 Å². The molecule has 4 nitrogen and oxygen atoms in total. The molecular weight excluding hydrogens is 320 g/mol. The zero-order chi connectivity index (χ0) is 14.6. The minimum absolute atomic E-state index is 0.0458. The predicted molar refractivity (Wildman–Crippen MR) is 82.4 cm³/mol. The fraction of sp³-hybridized carbons (Fsp3) is 0.533. The van der Waals surface area contributed by atoms with E-state index in [1.54, 1.807) is 0 Å². The van der Waals surface area contributed by atoms with Gasteiger partial charge in [0.05, 0.1) is 5.54 Å². The van der Waals surface area contributed by atoms with E-state index < -0.39 is 5.54 Å². The van der Waals surface area contributed by atoms with E-state index >= 15 is 0 Å². The van der Waals surface area contributed by atoms with Crippen LogP contribution in [0.4, 0.5) is 0 Å². The van der Waals surface area contributed by atoms with Gasteiger partial charge in [0.2, 0.25) is 5.91 Å². The first-order chi connectivity index (χ1) is 9.51. The van der Waals surface area contributed by atoms with Gasteiger partial charge in [0.25, 0.3) is 0 Å². The van der Waals surface area contributed by atoms with Gasteiger partial charge in [-0.3, -0.25) is 4.79 Å². The van der Waals surface area contributed by atoms with Crippen LogP contribution in [0.2, 0.25) is 0 Å². The number of halogens is 1. The zero-order valence-electron chi connectivity index (χ0n) is 11.7. The number of rotatable bonds is 4. The Morgan fingerprint density at radius 1 is 1.45 bits per heavy atom. The Balaban J connectivity index is 1.92. The van der Waals surface area contributed by atoms with Crippen molar-refractivity contribution in [3.05, 3.63) is 34.3 Å². The predicted octanol–water partition coefficient (Wildman–Crippen LogP) is 2.00. The molecule has 1 aromatic rings. The van der Waals surface area contributed by atoms with Crippen molar-refractivity contribution in [2.45, 2.75) is 37.8 Å². The molecule has 110 valence electrons. The highest BCUT2D eigenvalue weighted by atomic mass is 79.9. The molecule has 0 aliphatic carbocycles. The van der Waals surface area contributed by atoms with E-state index in [1.165, 1.54) is 5.56 Å². The second-order valence-electron chi connectivity index (χ2n) is 5.44. The monoisotopic (exact) mass is 340 g/mol. The number of benzene rings is 1. The first-order valence-corrected chi connectivity index (χ1v) is 7.71. The SMILES string of the molecule is CC(Cc1ccccc1Br)NC(=O)C1(N)CCOCC1. The van der Waals surface area contributed by atoms with Crippen LogP contribution in [-0.2, 0) is 16.0 Å². The van der Waals surface area contributed by atoms with Crippen LogP contribution >= 0.6 is 15.9 Å². The molecule has 0 radical (unpaired) electrons. The molecule has 1 aliphatic rings. The van der Waals surface area contributed by atoms with Gasteiger partial charge in [-0.15, -0.1) is 0 Å². The zero-order valence-corrected chi connectivity index (χ0v) is 13.3. The first-order valence-electron chi connectivity index (χ1n) is 6.92. The van der Waals surface area contributed by atoms with Gasteiger partial charge in [0.1, 0.15) is 0 Å². The number of hydrogen-bond donors (Lipinski definition) is 2. The Bertz CT molecular complexity index is 473. The van der Waals surface area contributed by atoms with Gasteiger partial charge in [-0.2, -0.15) is 0 Å². The minimum Gasteiger partial charge on any atom is -0.381 e. The standard InChI is InChI=1S/C15H21BrN2O2/c1-11(10-12-4-2-3-5-13(12)16)18-14(19)15(17)6-8-20-9-7-15/h2-5,11H,6-10,17H2,1H3,(H,18,19). The summed E-state index contributed by atoms with van der Waals surface area (Å²) in [7, 11) is 0. The third-order valence-electron chi connectivity index (χ3n) is 3.70. The number of carbonyl (C=O) groups excluding carboxylic acids is 1. The summed E-state index contributed by atoms with van der Waals surface area (Å²) in [6.07, 6.45) is 1.95. The van der Waals surface area contributed by atoms with Crippen LogP contribution < -0.4 is 11.1 Å². The van der Waals surface area contributed by atoms with Gasteiger partial charge in [-0.25, -0.2) is 0 Å². The molecule has 1 fully saturated rings. The second kappa shape index (κ2) is 6.70. The molecule has 1 saturated heterocycles. The molecule has 3 N–H and O–H groups in total. The fourth-order valence-corrected chi connectivity index (χ4v) is 2.82. The normalized spacial score (nSPS) is 19.4. The Kier molecular flexibility index (Phi) is 5.18. The Labute approximate surface area is 128 Å². The molecule has 1 atom stereocenters. The van der Waals surface area contributed by atoms with Crippen LogP contribution in [0.25, 0.3) is 0 Å². The summed E-state index contributed by atoms with van der Waals surface area (Å²) in [4.78, 5) is 12.3. The average Bonchev–Trinajstić information content (AvgIpc) is 2.42. The highest BCUT2D eigenvalue weighted by Gasteiger charge is 2.36. The smallest absolute Gasteiger partial charge is 0.240 e. The number of hydrogen-bond acceptors (Lipinski definition) is 3. The van der Waals surface area contributed by atoms with E-state index in [2.05, 4.69) is 27.3 Å². The molecular formula is C15H21BrN2O2. The summed E-state index contributed by atoms with van der Waals surface area (Å²) in [6.45, 7) is 3.12. The highest BCUT2D eigenvalue weighted by Crippen LogP contribution is 2.20. The molecule has 1 amide bonds. The van der Waals surface area contributed by atoms with Crippen molar-refractivity contribution in [1.82, 2.24) is 5.32 Å². The third kappa shape index (κ3) is 3.81. The van der Waals surface area contributed by atoms with Crippen LogP contribution in [0.5, 0.6) is 0 Å². The topological polar surface area (TPSA) is 64.4 Å². The molecule has 2 rings (SSSR count).